The topological polar surface area (TPSA) is 107 Å². The summed E-state index contributed by atoms with van der Waals surface area (Å²) in [7, 11) is 0. The molecular formula is C26H26ClN5O3. The molecule has 9 heteroatoms. The fourth-order valence-corrected chi connectivity index (χ4v) is 4.92. The van der Waals surface area contributed by atoms with Crippen LogP contribution in [0.15, 0.2) is 59.4 Å². The molecule has 1 aromatic heterocycles. The van der Waals surface area contributed by atoms with E-state index in [0.717, 1.165) is 32.4 Å². The summed E-state index contributed by atoms with van der Waals surface area (Å²) in [6.45, 7) is 1.52. The van der Waals surface area contributed by atoms with Crippen LogP contribution in [0.5, 0.6) is 0 Å². The Morgan fingerprint density at radius 2 is 1.77 bits per heavy atom. The van der Waals surface area contributed by atoms with E-state index in [0.29, 0.717) is 22.6 Å². The van der Waals surface area contributed by atoms with Crippen LogP contribution >= 0.6 is 11.6 Å². The first-order valence-electron chi connectivity index (χ1n) is 11.8. The fraction of sp³-hybridized carbons (Fsp3) is 0.308. The first-order chi connectivity index (χ1) is 17.0. The van der Waals surface area contributed by atoms with Crippen molar-refractivity contribution in [2.45, 2.75) is 31.6 Å². The summed E-state index contributed by atoms with van der Waals surface area (Å²) in [5.74, 6) is -0.576. The van der Waals surface area contributed by atoms with Gasteiger partial charge >= 0.3 is 0 Å². The third kappa shape index (κ3) is 5.22. The third-order valence-electron chi connectivity index (χ3n) is 6.65. The number of fused-ring (bicyclic) bond motifs is 1. The van der Waals surface area contributed by atoms with Gasteiger partial charge in [0.15, 0.2) is 0 Å². The van der Waals surface area contributed by atoms with Crippen molar-refractivity contribution in [3.63, 3.8) is 0 Å². The Bertz CT molecular complexity index is 1280. The van der Waals surface area contributed by atoms with Gasteiger partial charge in [0.25, 0.3) is 5.56 Å². The number of carbonyl (C=O) groups is 2. The van der Waals surface area contributed by atoms with Crippen LogP contribution in [-0.2, 0) is 16.0 Å². The Labute approximate surface area is 207 Å². The van der Waals surface area contributed by atoms with Gasteiger partial charge in [-0.15, -0.1) is 0 Å². The van der Waals surface area contributed by atoms with E-state index in [-0.39, 0.29) is 23.7 Å². The molecule has 2 aliphatic heterocycles. The monoisotopic (exact) mass is 491 g/mol. The van der Waals surface area contributed by atoms with Crippen molar-refractivity contribution in [2.75, 3.05) is 28.6 Å². The minimum Gasteiger partial charge on any atom is -0.342 e. The van der Waals surface area contributed by atoms with Crippen LogP contribution in [0, 0.1) is 5.92 Å². The molecule has 0 radical (unpaired) electrons. The van der Waals surface area contributed by atoms with Crippen molar-refractivity contribution in [1.82, 2.24) is 9.97 Å². The van der Waals surface area contributed by atoms with E-state index in [1.54, 1.807) is 24.3 Å². The highest BCUT2D eigenvalue weighted by Gasteiger charge is 2.35. The average Bonchev–Trinajstić information content (AvgIpc) is 2.85. The smallest absolute Gasteiger partial charge is 0.258 e. The van der Waals surface area contributed by atoms with E-state index in [1.165, 1.54) is 5.56 Å². The highest BCUT2D eigenvalue weighted by molar-refractivity contribution is 6.30. The molecule has 0 aliphatic carbocycles. The largest absolute Gasteiger partial charge is 0.342 e. The van der Waals surface area contributed by atoms with Gasteiger partial charge in [-0.1, -0.05) is 41.9 Å². The molecule has 3 heterocycles. The summed E-state index contributed by atoms with van der Waals surface area (Å²) in [6, 6.07) is 17.1. The van der Waals surface area contributed by atoms with Gasteiger partial charge in [-0.3, -0.25) is 19.4 Å². The van der Waals surface area contributed by atoms with E-state index in [2.05, 4.69) is 44.9 Å². The predicted octanol–water partition coefficient (Wildman–Crippen LogP) is 3.95. The molecule has 2 aromatic carbocycles. The summed E-state index contributed by atoms with van der Waals surface area (Å²) in [5.41, 5.74) is 1.63. The van der Waals surface area contributed by atoms with Gasteiger partial charge in [0.2, 0.25) is 17.8 Å². The number of aromatic nitrogens is 2. The fourth-order valence-electron chi connectivity index (χ4n) is 4.79. The Morgan fingerprint density at radius 3 is 2.49 bits per heavy atom. The van der Waals surface area contributed by atoms with E-state index < -0.39 is 17.4 Å². The minimum absolute atomic E-state index is 0.124. The number of nitrogens with zero attached hydrogens (tertiary/aromatic N) is 2. The van der Waals surface area contributed by atoms with Gasteiger partial charge in [-0.2, -0.15) is 4.98 Å². The normalized spacial score (nSPS) is 18.0. The van der Waals surface area contributed by atoms with Crippen molar-refractivity contribution in [3.05, 3.63) is 81.1 Å². The number of hydrogen-bond donors (Lipinski definition) is 3. The highest BCUT2D eigenvalue weighted by atomic mass is 35.5. The Morgan fingerprint density at radius 1 is 1.06 bits per heavy atom. The van der Waals surface area contributed by atoms with Crippen LogP contribution in [0.25, 0.3) is 0 Å². The highest BCUT2D eigenvalue weighted by Crippen LogP contribution is 2.31. The number of hydrogen-bond acceptors (Lipinski definition) is 5. The second-order valence-corrected chi connectivity index (χ2v) is 9.51. The van der Waals surface area contributed by atoms with Crippen molar-refractivity contribution >= 4 is 40.9 Å². The minimum atomic E-state index is -0.934. The van der Waals surface area contributed by atoms with Gasteiger partial charge in [0, 0.05) is 30.2 Å². The standard InChI is InChI=1S/C26H26ClN5O3/c27-18-6-8-19(9-7-18)28-24(34)20-15-21(33)29-23-22(20)25(35)31-26(30-23)32-12-10-17(11-13-32)14-16-4-2-1-3-5-16/h1-9,17,20H,10-15H2,(H,28,34)(H2,29,30,31,33,35)/t20-/m0/s1. The zero-order valence-corrected chi connectivity index (χ0v) is 19.8. The molecule has 8 nitrogen and oxygen atoms in total. The van der Waals surface area contributed by atoms with Gasteiger partial charge in [0.05, 0.1) is 11.5 Å². The van der Waals surface area contributed by atoms with Gasteiger partial charge in [-0.05, 0) is 55.0 Å². The van der Waals surface area contributed by atoms with Crippen LogP contribution in [0.3, 0.4) is 0 Å². The lowest BCUT2D eigenvalue weighted by Crippen LogP contribution is -2.40. The lowest BCUT2D eigenvalue weighted by molar-refractivity contribution is -0.123. The number of anilines is 3. The Kier molecular flexibility index (Phi) is 6.55. The van der Waals surface area contributed by atoms with Crippen LogP contribution in [0.1, 0.15) is 36.3 Å². The lowest BCUT2D eigenvalue weighted by Gasteiger charge is -2.33. The quantitative estimate of drug-likeness (QED) is 0.501. The number of nitrogens with one attached hydrogen (secondary N) is 3. The molecule has 5 rings (SSSR count). The summed E-state index contributed by atoms with van der Waals surface area (Å²) in [6.07, 6.45) is 2.87. The van der Waals surface area contributed by atoms with Crippen molar-refractivity contribution < 1.29 is 9.59 Å². The maximum Gasteiger partial charge on any atom is 0.258 e. The van der Waals surface area contributed by atoms with E-state index in [9.17, 15) is 14.4 Å². The zero-order chi connectivity index (χ0) is 24.4. The molecule has 1 saturated heterocycles. The maximum absolute atomic E-state index is 13.1. The molecule has 0 saturated carbocycles. The second kappa shape index (κ2) is 9.92. The number of aromatic amines is 1. The van der Waals surface area contributed by atoms with Gasteiger partial charge < -0.3 is 15.5 Å². The summed E-state index contributed by atoms with van der Waals surface area (Å²) in [4.78, 5) is 47.9. The van der Waals surface area contributed by atoms with E-state index >= 15 is 0 Å². The van der Waals surface area contributed by atoms with Gasteiger partial charge in [-0.25, -0.2) is 0 Å². The van der Waals surface area contributed by atoms with E-state index in [4.69, 9.17) is 11.6 Å². The van der Waals surface area contributed by atoms with Crippen LogP contribution in [0.2, 0.25) is 5.02 Å². The van der Waals surface area contributed by atoms with E-state index in [1.807, 2.05) is 11.0 Å². The number of benzene rings is 2. The maximum atomic E-state index is 13.1. The summed E-state index contributed by atoms with van der Waals surface area (Å²) in [5, 5.41) is 5.99. The number of halogens is 1. The number of carbonyl (C=O) groups excluding carboxylic acids is 2. The van der Waals surface area contributed by atoms with Crippen molar-refractivity contribution in [1.29, 1.82) is 0 Å². The lowest BCUT2D eigenvalue weighted by atomic mass is 9.90. The number of H-pyrrole nitrogens is 1. The average molecular weight is 492 g/mol. The summed E-state index contributed by atoms with van der Waals surface area (Å²) >= 11 is 5.90. The number of amides is 2. The molecule has 3 aromatic rings. The Balaban J connectivity index is 1.31. The Hall–Kier alpha value is -3.65. The molecule has 35 heavy (non-hydrogen) atoms. The third-order valence-corrected chi connectivity index (χ3v) is 6.90. The number of rotatable bonds is 5. The molecule has 0 spiro atoms. The molecule has 180 valence electrons. The first-order valence-corrected chi connectivity index (χ1v) is 12.1. The SMILES string of the molecule is O=C1C[C@H](C(=O)Nc2ccc(Cl)cc2)c2c(nc(N3CCC(Cc4ccccc4)CC3)[nH]c2=O)N1. The first kappa shape index (κ1) is 23.1. The molecule has 0 bridgehead atoms. The molecule has 2 aliphatic rings. The second-order valence-electron chi connectivity index (χ2n) is 9.07. The number of piperidine rings is 1. The van der Waals surface area contributed by atoms with Crippen LogP contribution < -0.4 is 21.1 Å². The van der Waals surface area contributed by atoms with Crippen molar-refractivity contribution in [3.8, 4) is 0 Å². The zero-order valence-electron chi connectivity index (χ0n) is 19.1. The molecule has 1 atom stereocenters. The summed E-state index contributed by atoms with van der Waals surface area (Å²) < 4.78 is 0. The molecular weight excluding hydrogens is 466 g/mol. The molecule has 3 N–H and O–H groups in total. The molecule has 0 unspecified atom stereocenters. The van der Waals surface area contributed by atoms with Gasteiger partial charge in [0.1, 0.15) is 5.82 Å². The predicted molar refractivity (Wildman–Crippen MR) is 136 cm³/mol. The molecule has 2 amide bonds. The van der Waals surface area contributed by atoms with Crippen molar-refractivity contribution in [2.24, 2.45) is 5.92 Å². The van der Waals surface area contributed by atoms with Crippen LogP contribution in [0.4, 0.5) is 17.5 Å². The molecule has 1 fully saturated rings. The van der Waals surface area contributed by atoms with Crippen LogP contribution in [-0.4, -0.2) is 34.9 Å².